The van der Waals surface area contributed by atoms with E-state index in [-0.39, 0.29) is 12.5 Å². The Morgan fingerprint density at radius 2 is 1.92 bits per heavy atom. The molecule has 3 N–H and O–H groups in total. The molecule has 3 rings (SSSR count). The summed E-state index contributed by atoms with van der Waals surface area (Å²) in [6.45, 7) is -0.260. The predicted molar refractivity (Wildman–Crippen MR) is 96.2 cm³/mol. The van der Waals surface area contributed by atoms with Gasteiger partial charge in [0.25, 0.3) is 11.8 Å². The minimum absolute atomic E-state index is 0.260. The topological polar surface area (TPSA) is 86.4 Å². The molecule has 0 spiro atoms. The number of hydrogen-bond acceptors (Lipinski definition) is 4. The summed E-state index contributed by atoms with van der Waals surface area (Å²) >= 11 is 11.9. The van der Waals surface area contributed by atoms with Gasteiger partial charge in [-0.25, -0.2) is 5.84 Å². The molecule has 6 nitrogen and oxygen atoms in total. The molecule has 1 aromatic heterocycles. The van der Waals surface area contributed by atoms with E-state index in [9.17, 15) is 9.59 Å². The summed E-state index contributed by atoms with van der Waals surface area (Å²) in [7, 11) is 0. The normalized spacial score (nSPS) is 10.7. The number of hydrogen-bond donors (Lipinski definition) is 2. The SMILES string of the molecule is NNC(=O)c1cn(C(=O)COc2ccc(Cl)cc2Cl)c2ccccc12. The van der Waals surface area contributed by atoms with Crippen LogP contribution in [-0.4, -0.2) is 23.0 Å². The third-order valence-electron chi connectivity index (χ3n) is 3.60. The molecule has 0 fully saturated rings. The summed E-state index contributed by atoms with van der Waals surface area (Å²) in [4.78, 5) is 24.4. The van der Waals surface area contributed by atoms with E-state index in [1.807, 2.05) is 0 Å². The van der Waals surface area contributed by atoms with Crippen LogP contribution < -0.4 is 16.0 Å². The molecule has 0 radical (unpaired) electrons. The van der Waals surface area contributed by atoms with Crippen LogP contribution in [0.5, 0.6) is 5.75 Å². The van der Waals surface area contributed by atoms with Crippen LogP contribution >= 0.6 is 23.2 Å². The van der Waals surface area contributed by atoms with Crippen molar-refractivity contribution in [2.45, 2.75) is 0 Å². The smallest absolute Gasteiger partial charge is 0.269 e. The second kappa shape index (κ2) is 7.14. The molecule has 128 valence electrons. The molecule has 8 heteroatoms. The summed E-state index contributed by atoms with van der Waals surface area (Å²) in [6.07, 6.45) is 1.43. The fraction of sp³-hybridized carbons (Fsp3) is 0.0588. The Morgan fingerprint density at radius 3 is 2.64 bits per heavy atom. The van der Waals surface area contributed by atoms with Crippen molar-refractivity contribution in [2.24, 2.45) is 5.84 Å². The van der Waals surface area contributed by atoms with Gasteiger partial charge in [-0.3, -0.25) is 19.6 Å². The maximum absolute atomic E-state index is 12.5. The van der Waals surface area contributed by atoms with Gasteiger partial charge in [0, 0.05) is 16.6 Å². The number of para-hydroxylation sites is 1. The first-order valence-corrected chi connectivity index (χ1v) is 7.99. The van der Waals surface area contributed by atoms with Crippen molar-refractivity contribution in [3.8, 4) is 5.75 Å². The van der Waals surface area contributed by atoms with Crippen molar-refractivity contribution < 1.29 is 14.3 Å². The maximum atomic E-state index is 12.5. The zero-order chi connectivity index (χ0) is 18.0. The number of carbonyl (C=O) groups is 2. The van der Waals surface area contributed by atoms with Crippen molar-refractivity contribution in [3.05, 3.63) is 64.3 Å². The molecule has 0 atom stereocenters. The Bertz CT molecular complexity index is 969. The van der Waals surface area contributed by atoms with Gasteiger partial charge >= 0.3 is 0 Å². The zero-order valence-electron chi connectivity index (χ0n) is 12.8. The standard InChI is InChI=1S/C17H13Cl2N3O3/c18-10-5-6-15(13(19)7-10)25-9-16(23)22-8-12(17(24)21-20)11-3-1-2-4-14(11)22/h1-8H,9,20H2,(H,21,24). The number of hydrazine groups is 1. The Hall–Kier alpha value is -2.54. The van der Waals surface area contributed by atoms with Crippen molar-refractivity contribution >= 4 is 45.9 Å². The van der Waals surface area contributed by atoms with Crippen LogP contribution in [0, 0.1) is 0 Å². The molecule has 0 aliphatic carbocycles. The lowest BCUT2D eigenvalue weighted by Gasteiger charge is -2.08. The fourth-order valence-corrected chi connectivity index (χ4v) is 2.91. The summed E-state index contributed by atoms with van der Waals surface area (Å²) in [5.41, 5.74) is 2.95. The fourth-order valence-electron chi connectivity index (χ4n) is 2.45. The number of benzene rings is 2. The number of aromatic nitrogens is 1. The molecule has 0 aliphatic rings. The van der Waals surface area contributed by atoms with Gasteiger partial charge in [0.1, 0.15) is 5.75 Å². The van der Waals surface area contributed by atoms with Crippen molar-refractivity contribution in [1.29, 1.82) is 0 Å². The highest BCUT2D eigenvalue weighted by Crippen LogP contribution is 2.27. The van der Waals surface area contributed by atoms with E-state index in [2.05, 4.69) is 5.43 Å². The van der Waals surface area contributed by atoms with Gasteiger partial charge in [0.05, 0.1) is 16.1 Å². The van der Waals surface area contributed by atoms with Crippen molar-refractivity contribution in [1.82, 2.24) is 9.99 Å². The van der Waals surface area contributed by atoms with Gasteiger partial charge in [-0.15, -0.1) is 0 Å². The van der Waals surface area contributed by atoms with Gasteiger partial charge in [0.2, 0.25) is 0 Å². The van der Waals surface area contributed by atoms with Crippen LogP contribution in [0.1, 0.15) is 15.2 Å². The van der Waals surface area contributed by atoms with Crippen LogP contribution in [0.2, 0.25) is 10.0 Å². The first-order chi connectivity index (χ1) is 12.0. The summed E-state index contributed by atoms with van der Waals surface area (Å²) in [6, 6.07) is 11.7. The van der Waals surface area contributed by atoms with Gasteiger partial charge in [0.15, 0.2) is 6.61 Å². The molecule has 0 bridgehead atoms. The highest BCUT2D eigenvalue weighted by molar-refractivity contribution is 6.35. The van der Waals surface area contributed by atoms with E-state index in [1.165, 1.54) is 16.8 Å². The molecule has 3 aromatic rings. The van der Waals surface area contributed by atoms with E-state index < -0.39 is 5.91 Å². The molecule has 1 heterocycles. The second-order valence-electron chi connectivity index (χ2n) is 5.16. The maximum Gasteiger partial charge on any atom is 0.269 e. The Labute approximate surface area is 153 Å². The molecular weight excluding hydrogens is 365 g/mol. The van der Waals surface area contributed by atoms with Crippen LogP contribution in [0.4, 0.5) is 0 Å². The number of rotatable bonds is 4. The number of nitrogens with zero attached hydrogens (tertiary/aromatic N) is 1. The molecule has 0 aliphatic heterocycles. The molecule has 1 amide bonds. The van der Waals surface area contributed by atoms with Gasteiger partial charge in [-0.05, 0) is 24.3 Å². The van der Waals surface area contributed by atoms with Gasteiger partial charge in [-0.2, -0.15) is 0 Å². The average molecular weight is 378 g/mol. The van der Waals surface area contributed by atoms with Crippen LogP contribution in [-0.2, 0) is 0 Å². The number of ether oxygens (including phenoxy) is 1. The van der Waals surface area contributed by atoms with Crippen LogP contribution in [0.15, 0.2) is 48.7 Å². The highest BCUT2D eigenvalue weighted by atomic mass is 35.5. The Balaban J connectivity index is 1.88. The lowest BCUT2D eigenvalue weighted by molar-refractivity contribution is 0.0843. The van der Waals surface area contributed by atoms with E-state index in [0.717, 1.165) is 0 Å². The number of nitrogens with two attached hydrogens (primary N) is 1. The van der Waals surface area contributed by atoms with E-state index >= 15 is 0 Å². The van der Waals surface area contributed by atoms with E-state index in [0.29, 0.717) is 32.3 Å². The highest BCUT2D eigenvalue weighted by Gasteiger charge is 2.18. The van der Waals surface area contributed by atoms with Gasteiger partial charge < -0.3 is 4.74 Å². The third-order valence-corrected chi connectivity index (χ3v) is 4.13. The zero-order valence-corrected chi connectivity index (χ0v) is 14.3. The lowest BCUT2D eigenvalue weighted by atomic mass is 10.2. The molecule has 0 saturated heterocycles. The molecule has 25 heavy (non-hydrogen) atoms. The minimum Gasteiger partial charge on any atom is -0.482 e. The number of amides is 1. The minimum atomic E-state index is -0.482. The molecule has 2 aromatic carbocycles. The van der Waals surface area contributed by atoms with Crippen LogP contribution in [0.3, 0.4) is 0 Å². The first kappa shape index (κ1) is 17.3. The van der Waals surface area contributed by atoms with Crippen molar-refractivity contribution in [2.75, 3.05) is 6.61 Å². The Kier molecular flexibility index (Phi) is 4.94. The summed E-state index contributed by atoms with van der Waals surface area (Å²) in [5, 5.41) is 1.39. The Morgan fingerprint density at radius 1 is 1.16 bits per heavy atom. The summed E-state index contributed by atoms with van der Waals surface area (Å²) < 4.78 is 6.82. The second-order valence-corrected chi connectivity index (χ2v) is 6.00. The van der Waals surface area contributed by atoms with Gasteiger partial charge in [-0.1, -0.05) is 41.4 Å². The molecule has 0 saturated carbocycles. The largest absolute Gasteiger partial charge is 0.482 e. The quantitative estimate of drug-likeness (QED) is 0.415. The van der Waals surface area contributed by atoms with E-state index in [4.69, 9.17) is 33.8 Å². The predicted octanol–water partition coefficient (Wildman–Crippen LogP) is 3.27. The van der Waals surface area contributed by atoms with Crippen molar-refractivity contribution in [3.63, 3.8) is 0 Å². The molecule has 0 unspecified atom stereocenters. The lowest BCUT2D eigenvalue weighted by Crippen LogP contribution is -2.29. The number of carbonyl (C=O) groups excluding carboxylic acids is 2. The monoisotopic (exact) mass is 377 g/mol. The number of nitrogens with one attached hydrogen (secondary N) is 1. The first-order valence-electron chi connectivity index (χ1n) is 7.23. The summed E-state index contributed by atoms with van der Waals surface area (Å²) in [5.74, 6) is 4.70. The third kappa shape index (κ3) is 3.46. The van der Waals surface area contributed by atoms with Crippen LogP contribution in [0.25, 0.3) is 10.9 Å². The molecular formula is C17H13Cl2N3O3. The number of nitrogen functional groups attached to an aromatic ring is 1. The number of fused-ring (bicyclic) bond motifs is 1. The number of halogens is 2. The average Bonchev–Trinajstić information content (AvgIpc) is 3.00. The van der Waals surface area contributed by atoms with E-state index in [1.54, 1.807) is 36.4 Å².